The van der Waals surface area contributed by atoms with Gasteiger partial charge in [-0.1, -0.05) is 44.2 Å². The lowest BCUT2D eigenvalue weighted by atomic mass is 9.95. The number of methoxy groups -OCH3 is 1. The molecular formula is C24H32N2O2. The fourth-order valence-electron chi connectivity index (χ4n) is 3.73. The molecule has 0 atom stereocenters. The van der Waals surface area contributed by atoms with Crippen molar-refractivity contribution in [1.29, 1.82) is 0 Å². The van der Waals surface area contributed by atoms with Gasteiger partial charge >= 0.3 is 0 Å². The molecule has 4 heteroatoms. The molecule has 4 nitrogen and oxygen atoms in total. The fourth-order valence-corrected chi connectivity index (χ4v) is 3.73. The summed E-state index contributed by atoms with van der Waals surface area (Å²) in [7, 11) is 1.67. The highest BCUT2D eigenvalue weighted by molar-refractivity contribution is 5.96. The molecule has 1 heterocycles. The summed E-state index contributed by atoms with van der Waals surface area (Å²) in [5.41, 5.74) is 2.92. The Hall–Kier alpha value is -2.33. The first-order valence-electron chi connectivity index (χ1n) is 10.3. The zero-order chi connectivity index (χ0) is 19.9. The summed E-state index contributed by atoms with van der Waals surface area (Å²) in [6, 6.07) is 15.9. The highest BCUT2D eigenvalue weighted by Crippen LogP contribution is 2.31. The van der Waals surface area contributed by atoms with E-state index >= 15 is 0 Å². The second-order valence-electron chi connectivity index (χ2n) is 8.07. The quantitative estimate of drug-likeness (QED) is 0.730. The van der Waals surface area contributed by atoms with E-state index in [1.54, 1.807) is 7.11 Å². The van der Waals surface area contributed by atoms with Gasteiger partial charge in [-0.05, 0) is 68.6 Å². The highest BCUT2D eigenvalue weighted by atomic mass is 16.5. The normalized spacial score (nSPS) is 15.6. The largest absolute Gasteiger partial charge is 0.497 e. The minimum Gasteiger partial charge on any atom is -0.497 e. The molecule has 2 aromatic carbocycles. The van der Waals surface area contributed by atoms with Crippen molar-refractivity contribution in [3.8, 4) is 16.9 Å². The van der Waals surface area contributed by atoms with Gasteiger partial charge in [0.1, 0.15) is 5.75 Å². The first-order valence-corrected chi connectivity index (χ1v) is 10.3. The lowest BCUT2D eigenvalue weighted by Gasteiger charge is -2.31. The maximum Gasteiger partial charge on any atom is 0.227 e. The summed E-state index contributed by atoms with van der Waals surface area (Å²) in [5, 5.41) is 3.18. The number of carbonyl (C=O) groups excluding carboxylic acids is 1. The minimum absolute atomic E-state index is 0.0914. The van der Waals surface area contributed by atoms with Crippen LogP contribution in [0.4, 0.5) is 5.69 Å². The van der Waals surface area contributed by atoms with E-state index in [-0.39, 0.29) is 11.8 Å². The van der Waals surface area contributed by atoms with Gasteiger partial charge in [-0.2, -0.15) is 0 Å². The lowest BCUT2D eigenvalue weighted by molar-refractivity contribution is -0.121. The Morgan fingerprint density at radius 1 is 1.14 bits per heavy atom. The van der Waals surface area contributed by atoms with E-state index in [0.717, 1.165) is 61.0 Å². The third-order valence-electron chi connectivity index (χ3n) is 5.55. The predicted octanol–water partition coefficient (Wildman–Crippen LogP) is 5.06. The van der Waals surface area contributed by atoms with Gasteiger partial charge in [-0.25, -0.2) is 0 Å². The van der Waals surface area contributed by atoms with Gasteiger partial charge in [-0.15, -0.1) is 0 Å². The molecule has 0 radical (unpaired) electrons. The van der Waals surface area contributed by atoms with Crippen molar-refractivity contribution in [3.63, 3.8) is 0 Å². The van der Waals surface area contributed by atoms with Crippen LogP contribution in [0.3, 0.4) is 0 Å². The van der Waals surface area contributed by atoms with E-state index in [4.69, 9.17) is 4.74 Å². The molecule has 0 unspecified atom stereocenters. The number of amides is 1. The van der Waals surface area contributed by atoms with E-state index in [0.29, 0.717) is 0 Å². The molecule has 1 saturated heterocycles. The van der Waals surface area contributed by atoms with Crippen molar-refractivity contribution >= 4 is 11.6 Å². The number of benzene rings is 2. The van der Waals surface area contributed by atoms with E-state index in [9.17, 15) is 4.79 Å². The van der Waals surface area contributed by atoms with Crippen LogP contribution >= 0.6 is 0 Å². The van der Waals surface area contributed by atoms with E-state index in [1.807, 2.05) is 48.5 Å². The molecule has 0 spiro atoms. The smallest absolute Gasteiger partial charge is 0.227 e. The number of carbonyl (C=O) groups is 1. The molecule has 0 bridgehead atoms. The highest BCUT2D eigenvalue weighted by Gasteiger charge is 2.25. The van der Waals surface area contributed by atoms with Crippen molar-refractivity contribution < 1.29 is 9.53 Å². The zero-order valence-corrected chi connectivity index (χ0v) is 17.3. The van der Waals surface area contributed by atoms with Gasteiger partial charge in [0.05, 0.1) is 7.11 Å². The Balaban J connectivity index is 1.64. The van der Waals surface area contributed by atoms with Gasteiger partial charge in [0.25, 0.3) is 0 Å². The Bertz CT molecular complexity index is 780. The summed E-state index contributed by atoms with van der Waals surface area (Å²) < 4.78 is 5.35. The number of likely N-dealkylation sites (tertiary alicyclic amines) is 1. The number of nitrogens with one attached hydrogen (secondary N) is 1. The van der Waals surface area contributed by atoms with Crippen LogP contribution in [0.25, 0.3) is 11.1 Å². The Kier molecular flexibility index (Phi) is 7.10. The molecule has 1 aliphatic rings. The summed E-state index contributed by atoms with van der Waals surface area (Å²) in [6.45, 7) is 7.70. The molecule has 2 aromatic rings. The average Bonchev–Trinajstić information content (AvgIpc) is 2.73. The van der Waals surface area contributed by atoms with Crippen molar-refractivity contribution in [2.45, 2.75) is 33.1 Å². The number of para-hydroxylation sites is 1. The maximum atomic E-state index is 12.9. The fraction of sp³-hybridized carbons (Fsp3) is 0.458. The topological polar surface area (TPSA) is 41.6 Å². The van der Waals surface area contributed by atoms with Crippen LogP contribution in [0.1, 0.15) is 33.1 Å². The molecule has 28 heavy (non-hydrogen) atoms. The SMILES string of the molecule is COc1cccc(-c2ccccc2NC(=O)C2CCN(CCC(C)C)CC2)c1. The number of nitrogens with zero attached hydrogens (tertiary/aromatic N) is 1. The Labute approximate surface area is 168 Å². The molecule has 0 aromatic heterocycles. The van der Waals surface area contributed by atoms with Crippen LogP contribution in [0.15, 0.2) is 48.5 Å². The number of piperidine rings is 1. The van der Waals surface area contributed by atoms with Gasteiger partial charge in [0.15, 0.2) is 0 Å². The van der Waals surface area contributed by atoms with E-state index in [2.05, 4.69) is 24.1 Å². The van der Waals surface area contributed by atoms with Gasteiger partial charge in [-0.3, -0.25) is 4.79 Å². The van der Waals surface area contributed by atoms with Gasteiger partial charge < -0.3 is 15.0 Å². The Morgan fingerprint density at radius 3 is 2.61 bits per heavy atom. The molecular weight excluding hydrogens is 348 g/mol. The summed E-state index contributed by atoms with van der Waals surface area (Å²) >= 11 is 0. The van der Waals surface area contributed by atoms with Crippen LogP contribution in [-0.4, -0.2) is 37.6 Å². The zero-order valence-electron chi connectivity index (χ0n) is 17.3. The average molecular weight is 381 g/mol. The van der Waals surface area contributed by atoms with Crippen LogP contribution in [-0.2, 0) is 4.79 Å². The van der Waals surface area contributed by atoms with Gasteiger partial charge in [0, 0.05) is 17.2 Å². The molecule has 1 amide bonds. The molecule has 3 rings (SSSR count). The minimum atomic E-state index is 0.0914. The molecule has 0 aliphatic carbocycles. The second-order valence-corrected chi connectivity index (χ2v) is 8.07. The van der Waals surface area contributed by atoms with Crippen LogP contribution < -0.4 is 10.1 Å². The summed E-state index contributed by atoms with van der Waals surface area (Å²) in [5.74, 6) is 1.77. The molecule has 150 valence electrons. The van der Waals surface area contributed by atoms with Crippen LogP contribution in [0.5, 0.6) is 5.75 Å². The van der Waals surface area contributed by atoms with Gasteiger partial charge in [0.2, 0.25) is 5.91 Å². The predicted molar refractivity (Wildman–Crippen MR) is 116 cm³/mol. The molecule has 1 aliphatic heterocycles. The van der Waals surface area contributed by atoms with E-state index < -0.39 is 0 Å². The third kappa shape index (κ3) is 5.35. The third-order valence-corrected chi connectivity index (χ3v) is 5.55. The number of anilines is 1. The number of hydrogen-bond acceptors (Lipinski definition) is 3. The van der Waals surface area contributed by atoms with Crippen LogP contribution in [0, 0.1) is 11.8 Å². The van der Waals surface area contributed by atoms with Crippen molar-refractivity contribution in [3.05, 3.63) is 48.5 Å². The standard InChI is InChI=1S/C24H32N2O2/c1-18(2)11-14-26-15-12-19(13-16-26)24(27)25-23-10-5-4-9-22(23)20-7-6-8-21(17-20)28-3/h4-10,17-19H,11-16H2,1-3H3,(H,25,27). The number of hydrogen-bond donors (Lipinski definition) is 1. The van der Waals surface area contributed by atoms with Crippen molar-refractivity contribution in [2.75, 3.05) is 32.1 Å². The summed E-state index contributed by atoms with van der Waals surface area (Å²) in [4.78, 5) is 15.4. The summed E-state index contributed by atoms with van der Waals surface area (Å²) in [6.07, 6.45) is 3.10. The van der Waals surface area contributed by atoms with Crippen molar-refractivity contribution in [1.82, 2.24) is 4.90 Å². The maximum absolute atomic E-state index is 12.9. The number of rotatable bonds is 7. The van der Waals surface area contributed by atoms with Crippen LogP contribution in [0.2, 0.25) is 0 Å². The van der Waals surface area contributed by atoms with E-state index in [1.165, 1.54) is 6.42 Å². The monoisotopic (exact) mass is 380 g/mol. The first-order chi connectivity index (χ1) is 13.6. The number of ether oxygens (including phenoxy) is 1. The first kappa shape index (κ1) is 20.4. The Morgan fingerprint density at radius 2 is 1.89 bits per heavy atom. The molecule has 1 N–H and O–H groups in total. The molecule has 1 fully saturated rings. The second kappa shape index (κ2) is 9.74. The molecule has 0 saturated carbocycles. The lowest BCUT2D eigenvalue weighted by Crippen LogP contribution is -2.38. The van der Waals surface area contributed by atoms with Crippen molar-refractivity contribution in [2.24, 2.45) is 11.8 Å².